The Kier molecular flexibility index (Phi) is 5.90. The first-order valence-electron chi connectivity index (χ1n) is 6.98. The molecule has 1 N–H and O–H groups in total. The molecule has 1 aliphatic heterocycles. The van der Waals surface area contributed by atoms with Crippen molar-refractivity contribution in [3.8, 4) is 0 Å². The minimum absolute atomic E-state index is 0. The van der Waals surface area contributed by atoms with E-state index in [0.29, 0.717) is 11.9 Å². The van der Waals surface area contributed by atoms with Crippen LogP contribution in [0.5, 0.6) is 0 Å². The monoisotopic (exact) mass is 378 g/mol. The third-order valence-electron chi connectivity index (χ3n) is 3.93. The van der Waals surface area contributed by atoms with Gasteiger partial charge in [0.15, 0.2) is 0 Å². The molecule has 0 radical (unpaired) electrons. The van der Waals surface area contributed by atoms with Crippen LogP contribution in [0.2, 0.25) is 0 Å². The number of amides is 1. The molecular weight excluding hydrogens is 360 g/mol. The van der Waals surface area contributed by atoms with Crippen LogP contribution in [0.4, 0.5) is 0 Å². The van der Waals surface area contributed by atoms with Crippen molar-refractivity contribution in [2.45, 2.75) is 38.3 Å². The number of rotatable bonds is 4. The van der Waals surface area contributed by atoms with Gasteiger partial charge in [0.05, 0.1) is 3.79 Å². The van der Waals surface area contributed by atoms with Crippen LogP contribution in [0.15, 0.2) is 15.2 Å². The quantitative estimate of drug-likeness (QED) is 0.869. The molecule has 6 heteroatoms. The third-order valence-corrected chi connectivity index (χ3v) is 5.49. The molecule has 0 unspecified atom stereocenters. The smallest absolute Gasteiger partial charge is 0.226 e. The van der Waals surface area contributed by atoms with Crippen LogP contribution in [0.1, 0.15) is 31.2 Å². The number of nitrogens with one attached hydrogen (secondary N) is 1. The highest BCUT2D eigenvalue weighted by molar-refractivity contribution is 9.11. The summed E-state index contributed by atoms with van der Waals surface area (Å²) in [6.07, 6.45) is 4.36. The Hall–Kier alpha value is -0.100. The third kappa shape index (κ3) is 3.97. The van der Waals surface area contributed by atoms with Crippen molar-refractivity contribution in [2.24, 2.45) is 5.92 Å². The molecule has 1 aromatic heterocycles. The summed E-state index contributed by atoms with van der Waals surface area (Å²) in [5.41, 5.74) is 1.26. The van der Waals surface area contributed by atoms with E-state index in [2.05, 4.69) is 37.6 Å². The van der Waals surface area contributed by atoms with E-state index in [4.69, 9.17) is 0 Å². The van der Waals surface area contributed by atoms with Crippen LogP contribution >= 0.6 is 39.7 Å². The van der Waals surface area contributed by atoms with Gasteiger partial charge in [0, 0.05) is 18.5 Å². The van der Waals surface area contributed by atoms with Gasteiger partial charge in [0.1, 0.15) is 0 Å². The molecule has 1 saturated heterocycles. The Morgan fingerprint density at radius 3 is 2.60 bits per heavy atom. The van der Waals surface area contributed by atoms with Gasteiger partial charge in [0.25, 0.3) is 0 Å². The average Bonchev–Trinajstić information content (AvgIpc) is 3.20. The van der Waals surface area contributed by atoms with Gasteiger partial charge >= 0.3 is 0 Å². The number of thiophene rings is 1. The second kappa shape index (κ2) is 7.25. The van der Waals surface area contributed by atoms with Crippen LogP contribution < -0.4 is 5.32 Å². The Bertz CT molecular complexity index is 458. The molecule has 1 saturated carbocycles. The molecule has 2 aliphatic rings. The lowest BCUT2D eigenvalue weighted by Crippen LogP contribution is -2.41. The maximum atomic E-state index is 12.7. The van der Waals surface area contributed by atoms with E-state index >= 15 is 0 Å². The molecular formula is C14H20BrClN2OS. The molecule has 3 nitrogen and oxygen atoms in total. The standard InChI is InChI=1S/C14H19BrN2OS.ClH/c15-13-7-10(9-19-13)8-17(12-1-2-12)14(18)11-3-5-16-6-4-11;/h7,9,11-12,16H,1-6,8H2;1H. The summed E-state index contributed by atoms with van der Waals surface area (Å²) in [7, 11) is 0. The SMILES string of the molecule is Cl.O=C(C1CCNCC1)N(Cc1csc(Br)c1)C1CC1. The van der Waals surface area contributed by atoms with Gasteiger partial charge in [-0.25, -0.2) is 0 Å². The number of hydrogen-bond donors (Lipinski definition) is 1. The van der Waals surface area contributed by atoms with E-state index in [-0.39, 0.29) is 18.3 Å². The number of carbonyl (C=O) groups is 1. The van der Waals surface area contributed by atoms with E-state index in [1.807, 2.05) is 0 Å². The predicted octanol–water partition coefficient (Wildman–Crippen LogP) is 3.42. The van der Waals surface area contributed by atoms with Crippen molar-refractivity contribution in [3.63, 3.8) is 0 Å². The van der Waals surface area contributed by atoms with Gasteiger partial charge in [-0.1, -0.05) is 0 Å². The summed E-state index contributed by atoms with van der Waals surface area (Å²) in [4.78, 5) is 14.8. The van der Waals surface area contributed by atoms with Gasteiger partial charge in [-0.15, -0.1) is 23.7 Å². The lowest BCUT2D eigenvalue weighted by atomic mass is 9.96. The number of piperidine rings is 1. The molecule has 0 bridgehead atoms. The fourth-order valence-corrected chi connectivity index (χ4v) is 3.90. The zero-order valence-corrected chi connectivity index (χ0v) is 14.5. The zero-order valence-electron chi connectivity index (χ0n) is 11.3. The summed E-state index contributed by atoms with van der Waals surface area (Å²) < 4.78 is 1.15. The largest absolute Gasteiger partial charge is 0.335 e. The Labute approximate surface area is 138 Å². The van der Waals surface area contributed by atoms with E-state index in [1.165, 1.54) is 18.4 Å². The highest BCUT2D eigenvalue weighted by atomic mass is 79.9. The van der Waals surface area contributed by atoms with Gasteiger partial charge in [0.2, 0.25) is 5.91 Å². The summed E-state index contributed by atoms with van der Waals surface area (Å²) in [6.45, 7) is 2.76. The second-order valence-electron chi connectivity index (χ2n) is 5.48. The highest BCUT2D eigenvalue weighted by Crippen LogP contribution is 2.32. The molecule has 112 valence electrons. The fourth-order valence-electron chi connectivity index (χ4n) is 2.70. The highest BCUT2D eigenvalue weighted by Gasteiger charge is 2.36. The van der Waals surface area contributed by atoms with Crippen LogP contribution in [0.3, 0.4) is 0 Å². The van der Waals surface area contributed by atoms with Crippen molar-refractivity contribution in [1.82, 2.24) is 10.2 Å². The lowest BCUT2D eigenvalue weighted by molar-refractivity contribution is -0.137. The number of carbonyl (C=O) groups excluding carboxylic acids is 1. The van der Waals surface area contributed by atoms with Gasteiger partial charge in [-0.2, -0.15) is 0 Å². The first-order chi connectivity index (χ1) is 9.24. The normalized spacial score (nSPS) is 19.4. The summed E-state index contributed by atoms with van der Waals surface area (Å²) in [5, 5.41) is 5.48. The molecule has 2 fully saturated rings. The van der Waals surface area contributed by atoms with Crippen molar-refractivity contribution >= 4 is 45.6 Å². The van der Waals surface area contributed by atoms with E-state index in [1.54, 1.807) is 11.3 Å². The second-order valence-corrected chi connectivity index (χ2v) is 7.77. The number of nitrogens with zero attached hydrogens (tertiary/aromatic N) is 1. The van der Waals surface area contributed by atoms with Crippen molar-refractivity contribution in [2.75, 3.05) is 13.1 Å². The Morgan fingerprint density at radius 1 is 1.35 bits per heavy atom. The van der Waals surface area contributed by atoms with E-state index in [0.717, 1.165) is 36.3 Å². The molecule has 3 rings (SSSR count). The fraction of sp³-hybridized carbons (Fsp3) is 0.643. The molecule has 20 heavy (non-hydrogen) atoms. The zero-order chi connectivity index (χ0) is 13.2. The first-order valence-corrected chi connectivity index (χ1v) is 8.65. The average molecular weight is 380 g/mol. The maximum absolute atomic E-state index is 12.7. The minimum Gasteiger partial charge on any atom is -0.335 e. The summed E-state index contributed by atoms with van der Waals surface area (Å²) in [6, 6.07) is 2.64. The molecule has 0 aromatic carbocycles. The number of halogens is 2. The molecule has 1 aliphatic carbocycles. The summed E-state index contributed by atoms with van der Waals surface area (Å²) >= 11 is 5.19. The molecule has 0 atom stereocenters. The first kappa shape index (κ1) is 16.3. The van der Waals surface area contributed by atoms with Gasteiger partial charge in [-0.05, 0) is 71.7 Å². The lowest BCUT2D eigenvalue weighted by Gasteiger charge is -2.29. The summed E-state index contributed by atoms with van der Waals surface area (Å²) in [5.74, 6) is 0.621. The van der Waals surface area contributed by atoms with Crippen LogP contribution in [0, 0.1) is 5.92 Å². The Morgan fingerprint density at radius 2 is 2.05 bits per heavy atom. The van der Waals surface area contributed by atoms with Crippen molar-refractivity contribution in [3.05, 3.63) is 20.8 Å². The maximum Gasteiger partial charge on any atom is 0.226 e. The minimum atomic E-state index is 0. The van der Waals surface area contributed by atoms with Gasteiger partial charge in [-0.3, -0.25) is 4.79 Å². The molecule has 2 heterocycles. The van der Waals surface area contributed by atoms with E-state index < -0.39 is 0 Å². The van der Waals surface area contributed by atoms with Crippen LogP contribution in [0.25, 0.3) is 0 Å². The van der Waals surface area contributed by atoms with Crippen LogP contribution in [-0.2, 0) is 11.3 Å². The molecule has 0 spiro atoms. The molecule has 1 aromatic rings. The topological polar surface area (TPSA) is 32.3 Å². The number of hydrogen-bond acceptors (Lipinski definition) is 3. The van der Waals surface area contributed by atoms with Gasteiger partial charge < -0.3 is 10.2 Å². The van der Waals surface area contributed by atoms with E-state index in [9.17, 15) is 4.79 Å². The van der Waals surface area contributed by atoms with Crippen LogP contribution in [-0.4, -0.2) is 29.9 Å². The predicted molar refractivity (Wildman–Crippen MR) is 88.4 cm³/mol. The Balaban J connectivity index is 0.00000147. The van der Waals surface area contributed by atoms with Crippen molar-refractivity contribution in [1.29, 1.82) is 0 Å². The molecule has 1 amide bonds. The van der Waals surface area contributed by atoms with Crippen molar-refractivity contribution < 1.29 is 4.79 Å².